The zero-order valence-corrected chi connectivity index (χ0v) is 12.2. The van der Waals surface area contributed by atoms with Crippen molar-refractivity contribution in [2.24, 2.45) is 0 Å². The molecule has 0 saturated carbocycles. The van der Waals surface area contributed by atoms with Crippen LogP contribution in [0.4, 0.5) is 10.1 Å². The summed E-state index contributed by atoms with van der Waals surface area (Å²) in [7, 11) is 0. The van der Waals surface area contributed by atoms with Gasteiger partial charge in [0.15, 0.2) is 5.16 Å². The van der Waals surface area contributed by atoms with Gasteiger partial charge < -0.3 is 5.32 Å². The molecule has 0 aliphatic carbocycles. The molecule has 21 heavy (non-hydrogen) atoms. The first-order valence-corrected chi connectivity index (χ1v) is 7.42. The normalized spacial score (nSPS) is 10.6. The second kappa shape index (κ2) is 7.07. The Morgan fingerprint density at radius 1 is 1.43 bits per heavy atom. The summed E-state index contributed by atoms with van der Waals surface area (Å²) in [5.74, 6) is -0.488. The van der Waals surface area contributed by atoms with Gasteiger partial charge in [0.1, 0.15) is 5.82 Å². The minimum absolute atomic E-state index is 0.116. The van der Waals surface area contributed by atoms with E-state index in [-0.39, 0.29) is 23.2 Å². The maximum atomic E-state index is 12.8. The summed E-state index contributed by atoms with van der Waals surface area (Å²) in [6.07, 6.45) is 0.800. The van der Waals surface area contributed by atoms with Gasteiger partial charge in [0.25, 0.3) is 0 Å². The zero-order chi connectivity index (χ0) is 15.2. The number of nitrogens with one attached hydrogen (secondary N) is 2. The van der Waals surface area contributed by atoms with Crippen molar-refractivity contribution in [3.63, 3.8) is 0 Å². The minimum atomic E-state index is -0.359. The summed E-state index contributed by atoms with van der Waals surface area (Å²) >= 11 is 1.17. The summed E-state index contributed by atoms with van der Waals surface area (Å²) in [6.45, 7) is 2.51. The van der Waals surface area contributed by atoms with Gasteiger partial charge >= 0.3 is 5.69 Å². The number of amides is 1. The Bertz CT molecular complexity index is 666. The van der Waals surface area contributed by atoms with Crippen LogP contribution in [0.3, 0.4) is 0 Å². The molecule has 1 amide bonds. The van der Waals surface area contributed by atoms with Crippen LogP contribution in [0.15, 0.2) is 34.2 Å². The average Bonchev–Trinajstić information content (AvgIpc) is 2.81. The highest BCUT2D eigenvalue weighted by Gasteiger charge is 2.10. The number of carbonyl (C=O) groups is 1. The number of H-pyrrole nitrogens is 1. The van der Waals surface area contributed by atoms with Gasteiger partial charge in [-0.3, -0.25) is 9.36 Å². The predicted molar refractivity (Wildman–Crippen MR) is 78.9 cm³/mol. The van der Waals surface area contributed by atoms with Crippen LogP contribution < -0.4 is 11.0 Å². The van der Waals surface area contributed by atoms with E-state index in [2.05, 4.69) is 15.5 Å². The third-order valence-electron chi connectivity index (χ3n) is 2.63. The molecular formula is C13H15FN4O2S. The zero-order valence-electron chi connectivity index (χ0n) is 11.4. The van der Waals surface area contributed by atoms with E-state index in [1.165, 1.54) is 40.6 Å². The highest BCUT2D eigenvalue weighted by molar-refractivity contribution is 7.99. The molecule has 0 aliphatic heterocycles. The van der Waals surface area contributed by atoms with Crippen molar-refractivity contribution in [3.8, 4) is 0 Å². The Morgan fingerprint density at radius 2 is 2.14 bits per heavy atom. The minimum Gasteiger partial charge on any atom is -0.325 e. The number of aromatic nitrogens is 3. The number of halogens is 1. The molecule has 2 rings (SSSR count). The summed E-state index contributed by atoms with van der Waals surface area (Å²) in [4.78, 5) is 23.3. The molecule has 0 saturated heterocycles. The van der Waals surface area contributed by atoms with Crippen LogP contribution in [0.1, 0.15) is 13.3 Å². The van der Waals surface area contributed by atoms with Crippen molar-refractivity contribution in [1.82, 2.24) is 14.8 Å². The highest BCUT2D eigenvalue weighted by Crippen LogP contribution is 2.14. The molecule has 0 spiro atoms. The monoisotopic (exact) mass is 310 g/mol. The lowest BCUT2D eigenvalue weighted by atomic mass is 10.3. The quantitative estimate of drug-likeness (QED) is 0.798. The first-order chi connectivity index (χ1) is 10.1. The number of carbonyl (C=O) groups excluding carboxylic acids is 1. The van der Waals surface area contributed by atoms with Gasteiger partial charge in [-0.25, -0.2) is 14.3 Å². The summed E-state index contributed by atoms with van der Waals surface area (Å²) in [5.41, 5.74) is 0.244. The smallest absolute Gasteiger partial charge is 0.325 e. The fourth-order valence-electron chi connectivity index (χ4n) is 1.69. The number of rotatable bonds is 6. The molecule has 0 aliphatic rings. The van der Waals surface area contributed by atoms with E-state index in [1.54, 1.807) is 0 Å². The van der Waals surface area contributed by atoms with Gasteiger partial charge in [0.2, 0.25) is 5.91 Å². The fourth-order valence-corrected chi connectivity index (χ4v) is 2.47. The van der Waals surface area contributed by atoms with Crippen LogP contribution in [0.25, 0.3) is 0 Å². The molecular weight excluding hydrogens is 295 g/mol. The molecule has 0 bridgehead atoms. The molecule has 8 heteroatoms. The van der Waals surface area contributed by atoms with Crippen LogP contribution in [0, 0.1) is 5.82 Å². The molecule has 1 aromatic heterocycles. The van der Waals surface area contributed by atoms with Crippen molar-refractivity contribution < 1.29 is 9.18 Å². The van der Waals surface area contributed by atoms with Gasteiger partial charge in [0.05, 0.1) is 5.75 Å². The number of thioether (sulfide) groups is 1. The van der Waals surface area contributed by atoms with Gasteiger partial charge in [-0.05, 0) is 30.7 Å². The Balaban J connectivity index is 1.92. The maximum Gasteiger partial charge on any atom is 0.343 e. The third-order valence-corrected chi connectivity index (χ3v) is 3.61. The number of hydrogen-bond donors (Lipinski definition) is 2. The van der Waals surface area contributed by atoms with E-state index in [9.17, 15) is 14.0 Å². The van der Waals surface area contributed by atoms with E-state index < -0.39 is 0 Å². The molecule has 1 heterocycles. The number of anilines is 1. The van der Waals surface area contributed by atoms with E-state index in [1.807, 2.05) is 6.92 Å². The SMILES string of the molecule is CCCn1c(SCC(=O)Nc2ccc(F)cc2)n[nH]c1=O. The average molecular weight is 310 g/mol. The second-order valence-electron chi connectivity index (χ2n) is 4.31. The van der Waals surface area contributed by atoms with E-state index in [0.29, 0.717) is 17.4 Å². The molecule has 0 fully saturated rings. The molecule has 0 atom stereocenters. The van der Waals surface area contributed by atoms with Crippen molar-refractivity contribution in [2.75, 3.05) is 11.1 Å². The highest BCUT2D eigenvalue weighted by atomic mass is 32.2. The number of hydrogen-bond acceptors (Lipinski definition) is 4. The lowest BCUT2D eigenvalue weighted by Crippen LogP contribution is -2.18. The Morgan fingerprint density at radius 3 is 2.81 bits per heavy atom. The first-order valence-electron chi connectivity index (χ1n) is 6.43. The lowest BCUT2D eigenvalue weighted by molar-refractivity contribution is -0.113. The molecule has 112 valence electrons. The lowest BCUT2D eigenvalue weighted by Gasteiger charge is -2.05. The van der Waals surface area contributed by atoms with Crippen molar-refractivity contribution in [1.29, 1.82) is 0 Å². The molecule has 2 N–H and O–H groups in total. The number of nitrogens with zero attached hydrogens (tertiary/aromatic N) is 2. The van der Waals surface area contributed by atoms with Crippen LogP contribution in [0.2, 0.25) is 0 Å². The van der Waals surface area contributed by atoms with Crippen LogP contribution in [-0.4, -0.2) is 26.4 Å². The first kappa shape index (κ1) is 15.3. The Labute approximate surface area is 124 Å². The van der Waals surface area contributed by atoms with Gasteiger partial charge in [0, 0.05) is 12.2 Å². The predicted octanol–water partition coefficient (Wildman–Crippen LogP) is 1.85. The van der Waals surface area contributed by atoms with Crippen LogP contribution in [0.5, 0.6) is 0 Å². The third kappa shape index (κ3) is 4.19. The van der Waals surface area contributed by atoms with Crippen molar-refractivity contribution in [2.45, 2.75) is 25.0 Å². The maximum absolute atomic E-state index is 12.8. The molecule has 1 aromatic carbocycles. The second-order valence-corrected chi connectivity index (χ2v) is 5.25. The van der Waals surface area contributed by atoms with Crippen molar-refractivity contribution in [3.05, 3.63) is 40.6 Å². The van der Waals surface area contributed by atoms with Crippen LogP contribution >= 0.6 is 11.8 Å². The Hall–Kier alpha value is -2.09. The molecule has 2 aromatic rings. The topological polar surface area (TPSA) is 79.8 Å². The summed E-state index contributed by atoms with van der Waals surface area (Å²) in [6, 6.07) is 5.52. The van der Waals surface area contributed by atoms with Gasteiger partial charge in [-0.2, -0.15) is 0 Å². The number of benzene rings is 1. The number of aromatic amines is 1. The standard InChI is InChI=1S/C13H15FN4O2S/c1-2-7-18-12(20)16-17-13(18)21-8-11(19)15-10-5-3-9(14)4-6-10/h3-6H,2,7-8H2,1H3,(H,15,19)(H,16,20). The van der Waals surface area contributed by atoms with E-state index in [0.717, 1.165) is 6.42 Å². The molecule has 0 unspecified atom stereocenters. The molecule has 6 nitrogen and oxygen atoms in total. The van der Waals surface area contributed by atoms with Gasteiger partial charge in [-0.15, -0.1) is 5.10 Å². The summed E-state index contributed by atoms with van der Waals surface area (Å²) in [5, 5.41) is 9.38. The Kier molecular flexibility index (Phi) is 5.15. The van der Waals surface area contributed by atoms with Gasteiger partial charge in [-0.1, -0.05) is 18.7 Å². The summed E-state index contributed by atoms with van der Waals surface area (Å²) < 4.78 is 14.2. The fraction of sp³-hybridized carbons (Fsp3) is 0.308. The van der Waals surface area contributed by atoms with Crippen LogP contribution in [-0.2, 0) is 11.3 Å². The van der Waals surface area contributed by atoms with Crippen molar-refractivity contribution >= 4 is 23.4 Å². The molecule has 0 radical (unpaired) electrons. The largest absolute Gasteiger partial charge is 0.343 e. The van der Waals surface area contributed by atoms with E-state index in [4.69, 9.17) is 0 Å². The van der Waals surface area contributed by atoms with E-state index >= 15 is 0 Å².